The number of rotatable bonds is 4. The highest BCUT2D eigenvalue weighted by atomic mass is 79.9. The first-order valence-electron chi connectivity index (χ1n) is 5.38. The Hall–Kier alpha value is -0.130. The highest BCUT2D eigenvalue weighted by Crippen LogP contribution is 2.37. The van der Waals surface area contributed by atoms with E-state index >= 15 is 0 Å². The van der Waals surface area contributed by atoms with Crippen molar-refractivity contribution in [3.63, 3.8) is 0 Å². The Labute approximate surface area is 109 Å². The molecule has 0 saturated carbocycles. The van der Waals surface area contributed by atoms with Crippen LogP contribution in [0.4, 0.5) is 0 Å². The van der Waals surface area contributed by atoms with Gasteiger partial charge in [0.15, 0.2) is 5.16 Å². The standard InChI is InChI=1S/C11H15BrN2OS/c12-8-11(2-6-15-7-3-11)9-16-10-13-4-1-5-14-10/h1,4-5H,2-3,6-9H2. The Balaban J connectivity index is 1.92. The summed E-state index contributed by atoms with van der Waals surface area (Å²) < 4.78 is 5.42. The van der Waals surface area contributed by atoms with E-state index in [-0.39, 0.29) is 0 Å². The van der Waals surface area contributed by atoms with Crippen molar-refractivity contribution >= 4 is 27.7 Å². The first kappa shape index (κ1) is 12.3. The quantitative estimate of drug-likeness (QED) is 0.487. The van der Waals surface area contributed by atoms with E-state index in [1.165, 1.54) is 0 Å². The Morgan fingerprint density at radius 2 is 2.00 bits per heavy atom. The maximum Gasteiger partial charge on any atom is 0.187 e. The Morgan fingerprint density at radius 3 is 2.62 bits per heavy atom. The fourth-order valence-corrected chi connectivity index (χ4v) is 3.82. The molecule has 0 unspecified atom stereocenters. The van der Waals surface area contributed by atoms with Crippen LogP contribution in [0.25, 0.3) is 0 Å². The second-order valence-corrected chi connectivity index (χ2v) is 5.57. The zero-order valence-corrected chi connectivity index (χ0v) is 11.5. The molecule has 5 heteroatoms. The van der Waals surface area contributed by atoms with E-state index in [0.29, 0.717) is 5.41 Å². The molecular weight excluding hydrogens is 288 g/mol. The van der Waals surface area contributed by atoms with E-state index < -0.39 is 0 Å². The molecule has 0 radical (unpaired) electrons. The van der Waals surface area contributed by atoms with Crippen molar-refractivity contribution in [1.82, 2.24) is 9.97 Å². The zero-order valence-electron chi connectivity index (χ0n) is 9.06. The number of thioether (sulfide) groups is 1. The fraction of sp³-hybridized carbons (Fsp3) is 0.636. The molecule has 0 atom stereocenters. The molecule has 1 aliphatic rings. The van der Waals surface area contributed by atoms with Gasteiger partial charge in [0.1, 0.15) is 0 Å². The molecule has 1 fully saturated rings. The van der Waals surface area contributed by atoms with Crippen LogP contribution >= 0.6 is 27.7 Å². The molecular formula is C11H15BrN2OS. The summed E-state index contributed by atoms with van der Waals surface area (Å²) in [7, 11) is 0. The van der Waals surface area contributed by atoms with Gasteiger partial charge in [0.25, 0.3) is 0 Å². The van der Waals surface area contributed by atoms with Crippen LogP contribution in [0.1, 0.15) is 12.8 Å². The van der Waals surface area contributed by atoms with Gasteiger partial charge in [-0.3, -0.25) is 0 Å². The largest absolute Gasteiger partial charge is 0.381 e. The fourth-order valence-electron chi connectivity index (χ4n) is 1.70. The van der Waals surface area contributed by atoms with Gasteiger partial charge in [-0.1, -0.05) is 27.7 Å². The lowest BCUT2D eigenvalue weighted by atomic mass is 9.85. The topological polar surface area (TPSA) is 35.0 Å². The molecule has 3 nitrogen and oxygen atoms in total. The van der Waals surface area contributed by atoms with Gasteiger partial charge in [-0.05, 0) is 24.3 Å². The molecule has 88 valence electrons. The predicted molar refractivity (Wildman–Crippen MR) is 69.0 cm³/mol. The third-order valence-electron chi connectivity index (χ3n) is 2.89. The Bertz CT molecular complexity index is 317. The molecule has 0 amide bonds. The summed E-state index contributed by atoms with van der Waals surface area (Å²) >= 11 is 5.37. The summed E-state index contributed by atoms with van der Waals surface area (Å²) in [6.07, 6.45) is 5.83. The maximum atomic E-state index is 5.42. The van der Waals surface area contributed by atoms with Crippen molar-refractivity contribution in [3.8, 4) is 0 Å². The number of alkyl halides is 1. The summed E-state index contributed by atoms with van der Waals surface area (Å²) in [5.74, 6) is 1.06. The van der Waals surface area contributed by atoms with Gasteiger partial charge in [0.2, 0.25) is 0 Å². The number of hydrogen-bond acceptors (Lipinski definition) is 4. The minimum Gasteiger partial charge on any atom is -0.381 e. The van der Waals surface area contributed by atoms with Gasteiger partial charge >= 0.3 is 0 Å². The van der Waals surface area contributed by atoms with E-state index in [1.807, 2.05) is 6.07 Å². The van der Waals surface area contributed by atoms with Crippen LogP contribution in [0.5, 0.6) is 0 Å². The summed E-state index contributed by atoms with van der Waals surface area (Å²) in [6.45, 7) is 1.75. The van der Waals surface area contributed by atoms with Crippen molar-refractivity contribution in [2.24, 2.45) is 5.41 Å². The van der Waals surface area contributed by atoms with E-state index in [4.69, 9.17) is 4.74 Å². The predicted octanol–water partition coefficient (Wildman–Crippen LogP) is 2.76. The number of aromatic nitrogens is 2. The minimum absolute atomic E-state index is 0.349. The normalized spacial score (nSPS) is 19.6. The van der Waals surface area contributed by atoms with Gasteiger partial charge in [-0.15, -0.1) is 0 Å². The summed E-state index contributed by atoms with van der Waals surface area (Å²) in [4.78, 5) is 8.47. The van der Waals surface area contributed by atoms with E-state index in [2.05, 4.69) is 25.9 Å². The highest BCUT2D eigenvalue weighted by Gasteiger charge is 2.31. The molecule has 2 rings (SSSR count). The van der Waals surface area contributed by atoms with Crippen LogP contribution in [0.2, 0.25) is 0 Å². The summed E-state index contributed by atoms with van der Waals surface area (Å²) in [5.41, 5.74) is 0.349. The lowest BCUT2D eigenvalue weighted by Crippen LogP contribution is -2.33. The van der Waals surface area contributed by atoms with Crippen molar-refractivity contribution < 1.29 is 4.74 Å². The SMILES string of the molecule is BrCC1(CSc2ncccn2)CCOCC1. The van der Waals surface area contributed by atoms with Gasteiger partial charge in [0.05, 0.1) is 0 Å². The second-order valence-electron chi connectivity index (χ2n) is 4.07. The number of halogens is 1. The molecule has 0 spiro atoms. The van der Waals surface area contributed by atoms with Crippen LogP contribution in [0.3, 0.4) is 0 Å². The summed E-state index contributed by atoms with van der Waals surface area (Å²) in [5, 5.41) is 1.90. The lowest BCUT2D eigenvalue weighted by molar-refractivity contribution is 0.0374. The zero-order chi connectivity index (χ0) is 11.3. The van der Waals surface area contributed by atoms with Gasteiger partial charge in [-0.25, -0.2) is 9.97 Å². The third kappa shape index (κ3) is 3.18. The van der Waals surface area contributed by atoms with Crippen LogP contribution in [-0.2, 0) is 4.74 Å². The first-order chi connectivity index (χ1) is 7.85. The smallest absolute Gasteiger partial charge is 0.187 e. The molecule has 0 bridgehead atoms. The van der Waals surface area contributed by atoms with E-state index in [1.54, 1.807) is 24.2 Å². The molecule has 0 N–H and O–H groups in total. The van der Waals surface area contributed by atoms with E-state index in [9.17, 15) is 0 Å². The number of ether oxygens (including phenoxy) is 1. The highest BCUT2D eigenvalue weighted by molar-refractivity contribution is 9.09. The average Bonchev–Trinajstić information content (AvgIpc) is 2.39. The maximum absolute atomic E-state index is 5.42. The number of nitrogens with zero attached hydrogens (tertiary/aromatic N) is 2. The van der Waals surface area contributed by atoms with Crippen molar-refractivity contribution in [3.05, 3.63) is 18.5 Å². The molecule has 0 aromatic carbocycles. The minimum atomic E-state index is 0.349. The lowest BCUT2D eigenvalue weighted by Gasteiger charge is -2.35. The van der Waals surface area contributed by atoms with Gasteiger partial charge in [0, 0.05) is 36.7 Å². The molecule has 1 saturated heterocycles. The molecule has 1 aromatic rings. The second kappa shape index (κ2) is 5.98. The van der Waals surface area contributed by atoms with Gasteiger partial charge < -0.3 is 4.74 Å². The monoisotopic (exact) mass is 302 g/mol. The van der Waals surface area contributed by atoms with Crippen LogP contribution in [0.15, 0.2) is 23.6 Å². The molecule has 0 aliphatic carbocycles. The third-order valence-corrected chi connectivity index (χ3v) is 5.30. The molecule has 16 heavy (non-hydrogen) atoms. The number of hydrogen-bond donors (Lipinski definition) is 0. The Kier molecular flexibility index (Phi) is 4.61. The molecule has 1 aliphatic heterocycles. The molecule has 1 aromatic heterocycles. The van der Waals surface area contributed by atoms with Crippen LogP contribution < -0.4 is 0 Å². The average molecular weight is 303 g/mol. The van der Waals surface area contributed by atoms with Crippen molar-refractivity contribution in [2.45, 2.75) is 18.0 Å². The Morgan fingerprint density at radius 1 is 1.31 bits per heavy atom. The molecule has 2 heterocycles. The summed E-state index contributed by atoms with van der Waals surface area (Å²) in [6, 6.07) is 1.85. The van der Waals surface area contributed by atoms with Crippen LogP contribution in [-0.4, -0.2) is 34.3 Å². The van der Waals surface area contributed by atoms with Gasteiger partial charge in [-0.2, -0.15) is 0 Å². The van der Waals surface area contributed by atoms with Crippen LogP contribution in [0, 0.1) is 5.41 Å². The van der Waals surface area contributed by atoms with Crippen molar-refractivity contribution in [2.75, 3.05) is 24.3 Å². The van der Waals surface area contributed by atoms with E-state index in [0.717, 1.165) is 42.3 Å². The first-order valence-corrected chi connectivity index (χ1v) is 7.49. The van der Waals surface area contributed by atoms with Crippen molar-refractivity contribution in [1.29, 1.82) is 0 Å².